The van der Waals surface area contributed by atoms with Crippen LogP contribution in [0.1, 0.15) is 13.8 Å². The van der Waals surface area contributed by atoms with Crippen molar-refractivity contribution in [3.05, 3.63) is 24.9 Å². The van der Waals surface area contributed by atoms with E-state index < -0.39 is 0 Å². The Morgan fingerprint density at radius 1 is 1.55 bits per heavy atom. The van der Waals surface area contributed by atoms with Gasteiger partial charge in [0, 0.05) is 12.4 Å². The Hall–Kier alpha value is -0.890. The fourth-order valence-electron chi connectivity index (χ4n) is 0.462. The Balaban J connectivity index is 3.30. The average molecular weight is 153 g/mol. The molecule has 0 saturated heterocycles. The van der Waals surface area contributed by atoms with Crippen molar-refractivity contribution in [3.63, 3.8) is 0 Å². The maximum atomic E-state index is 5.24. The molecule has 0 amide bonds. The van der Waals surface area contributed by atoms with Crippen molar-refractivity contribution in [2.45, 2.75) is 20.0 Å². The van der Waals surface area contributed by atoms with Crippen LogP contribution in [-0.4, -0.2) is 18.9 Å². The fourth-order valence-corrected chi connectivity index (χ4v) is 0.462. The minimum absolute atomic E-state index is 0.281. The number of hydrogen-bond acceptors (Lipinski definition) is 2. The first-order chi connectivity index (χ1) is 5.27. The van der Waals surface area contributed by atoms with Gasteiger partial charge in [-0.25, -0.2) is 0 Å². The summed E-state index contributed by atoms with van der Waals surface area (Å²) in [6.07, 6.45) is 7.10. The van der Waals surface area contributed by atoms with Crippen LogP contribution in [0.5, 0.6) is 0 Å². The van der Waals surface area contributed by atoms with Crippen LogP contribution in [0.4, 0.5) is 0 Å². The van der Waals surface area contributed by atoms with Gasteiger partial charge in [0.05, 0.1) is 12.7 Å². The second-order valence-corrected chi connectivity index (χ2v) is 2.30. The summed E-state index contributed by atoms with van der Waals surface area (Å²) in [4.78, 5) is 3.88. The summed E-state index contributed by atoms with van der Waals surface area (Å²) in [5.74, 6) is 0. The summed E-state index contributed by atoms with van der Waals surface area (Å²) < 4.78 is 5.24. The molecule has 0 N–H and O–H groups in total. The van der Waals surface area contributed by atoms with Gasteiger partial charge in [-0.1, -0.05) is 12.7 Å². The van der Waals surface area contributed by atoms with Crippen LogP contribution in [-0.2, 0) is 4.74 Å². The van der Waals surface area contributed by atoms with E-state index in [1.54, 1.807) is 18.5 Å². The summed E-state index contributed by atoms with van der Waals surface area (Å²) in [5, 5.41) is 0. The number of rotatable bonds is 5. The smallest absolute Gasteiger partial charge is 0.0668 e. The second-order valence-electron chi connectivity index (χ2n) is 2.30. The van der Waals surface area contributed by atoms with Crippen molar-refractivity contribution < 1.29 is 4.74 Å². The van der Waals surface area contributed by atoms with E-state index in [0.29, 0.717) is 6.61 Å². The lowest BCUT2D eigenvalue weighted by Gasteiger charge is -2.01. The lowest BCUT2D eigenvalue weighted by atomic mass is 10.5. The molecule has 2 heteroatoms. The molecule has 62 valence electrons. The number of ether oxygens (including phenoxy) is 1. The van der Waals surface area contributed by atoms with Gasteiger partial charge >= 0.3 is 0 Å². The summed E-state index contributed by atoms with van der Waals surface area (Å²) in [7, 11) is 0. The molecule has 0 atom stereocenters. The van der Waals surface area contributed by atoms with Crippen molar-refractivity contribution in [3.8, 4) is 0 Å². The van der Waals surface area contributed by atoms with Gasteiger partial charge in [0.15, 0.2) is 0 Å². The number of allylic oxidation sites excluding steroid dienone is 1. The van der Waals surface area contributed by atoms with Gasteiger partial charge in [-0.3, -0.25) is 4.99 Å². The number of aliphatic imine (C=N–C) groups is 1. The van der Waals surface area contributed by atoms with Crippen molar-refractivity contribution >= 4 is 6.21 Å². The van der Waals surface area contributed by atoms with Crippen LogP contribution in [0, 0.1) is 0 Å². The predicted molar refractivity (Wildman–Crippen MR) is 48.9 cm³/mol. The molecule has 0 aliphatic carbocycles. The summed E-state index contributed by atoms with van der Waals surface area (Å²) >= 11 is 0. The third kappa shape index (κ3) is 9.11. The first kappa shape index (κ1) is 10.1. The van der Waals surface area contributed by atoms with E-state index in [1.807, 2.05) is 19.9 Å². The molecule has 0 aliphatic rings. The molecule has 0 unspecified atom stereocenters. The molecule has 0 fully saturated rings. The Labute approximate surface area is 68.3 Å². The van der Waals surface area contributed by atoms with Gasteiger partial charge in [-0.15, -0.1) is 0 Å². The maximum absolute atomic E-state index is 5.24. The van der Waals surface area contributed by atoms with Gasteiger partial charge in [0.2, 0.25) is 0 Å². The monoisotopic (exact) mass is 153 g/mol. The highest BCUT2D eigenvalue weighted by Crippen LogP contribution is 1.87. The van der Waals surface area contributed by atoms with Gasteiger partial charge < -0.3 is 4.74 Å². The van der Waals surface area contributed by atoms with Crippen LogP contribution < -0.4 is 0 Å². The zero-order valence-electron chi connectivity index (χ0n) is 7.16. The Morgan fingerprint density at radius 3 is 2.82 bits per heavy atom. The summed E-state index contributed by atoms with van der Waals surface area (Å²) in [5.41, 5.74) is 0. The van der Waals surface area contributed by atoms with E-state index in [1.165, 1.54) is 0 Å². The predicted octanol–water partition coefficient (Wildman–Crippen LogP) is 2.18. The molecule has 0 spiro atoms. The molecule has 0 aliphatic heterocycles. The maximum Gasteiger partial charge on any atom is 0.0668 e. The normalized spacial score (nSPS) is 11.9. The molecule has 0 aromatic carbocycles. The van der Waals surface area contributed by atoms with Gasteiger partial charge in [0.25, 0.3) is 0 Å². The third-order valence-corrected chi connectivity index (χ3v) is 0.909. The lowest BCUT2D eigenvalue weighted by Crippen LogP contribution is -2.01. The SMILES string of the molecule is C=CC=N/C=C\COC(C)C. The quantitative estimate of drug-likeness (QED) is 0.555. The van der Waals surface area contributed by atoms with E-state index in [2.05, 4.69) is 11.6 Å². The molecule has 2 nitrogen and oxygen atoms in total. The average Bonchev–Trinajstić information content (AvgIpc) is 1.96. The van der Waals surface area contributed by atoms with Crippen LogP contribution in [0.15, 0.2) is 29.9 Å². The van der Waals surface area contributed by atoms with Crippen molar-refractivity contribution in [1.82, 2.24) is 0 Å². The lowest BCUT2D eigenvalue weighted by molar-refractivity contribution is 0.102. The fraction of sp³-hybridized carbons (Fsp3) is 0.444. The molecular weight excluding hydrogens is 138 g/mol. The van der Waals surface area contributed by atoms with Crippen molar-refractivity contribution in [2.75, 3.05) is 6.61 Å². The standard InChI is InChI=1S/C9H15NO/c1-4-6-10-7-5-8-11-9(2)3/h4-7,9H,1,8H2,2-3H3/b7-5-,10-6?. The van der Waals surface area contributed by atoms with E-state index >= 15 is 0 Å². The van der Waals surface area contributed by atoms with Crippen molar-refractivity contribution in [2.24, 2.45) is 4.99 Å². The molecule has 0 radical (unpaired) electrons. The highest BCUT2D eigenvalue weighted by molar-refractivity contribution is 5.70. The summed E-state index contributed by atoms with van der Waals surface area (Å²) in [6, 6.07) is 0. The first-order valence-electron chi connectivity index (χ1n) is 3.68. The van der Waals surface area contributed by atoms with Crippen LogP contribution in [0.2, 0.25) is 0 Å². The van der Waals surface area contributed by atoms with Gasteiger partial charge in [0.1, 0.15) is 0 Å². The van der Waals surface area contributed by atoms with E-state index in [-0.39, 0.29) is 6.10 Å². The zero-order valence-corrected chi connectivity index (χ0v) is 7.16. The van der Waals surface area contributed by atoms with Gasteiger partial charge in [-0.05, 0) is 19.9 Å². The summed E-state index contributed by atoms with van der Waals surface area (Å²) in [6.45, 7) is 8.11. The van der Waals surface area contributed by atoms with Crippen LogP contribution in [0.25, 0.3) is 0 Å². The zero-order chi connectivity index (χ0) is 8.53. The van der Waals surface area contributed by atoms with Gasteiger partial charge in [-0.2, -0.15) is 0 Å². The molecule has 0 aromatic rings. The Bertz CT molecular complexity index is 148. The van der Waals surface area contributed by atoms with Crippen LogP contribution >= 0.6 is 0 Å². The molecule has 0 aromatic heterocycles. The molecule has 0 bridgehead atoms. The highest BCUT2D eigenvalue weighted by atomic mass is 16.5. The number of nitrogens with zero attached hydrogens (tertiary/aromatic N) is 1. The van der Waals surface area contributed by atoms with E-state index in [9.17, 15) is 0 Å². The molecule has 0 heterocycles. The minimum atomic E-state index is 0.281. The molecule has 11 heavy (non-hydrogen) atoms. The highest BCUT2D eigenvalue weighted by Gasteiger charge is 1.86. The molecular formula is C9H15NO. The minimum Gasteiger partial charge on any atom is -0.375 e. The van der Waals surface area contributed by atoms with E-state index in [0.717, 1.165) is 0 Å². The first-order valence-corrected chi connectivity index (χ1v) is 3.68. The van der Waals surface area contributed by atoms with Crippen molar-refractivity contribution in [1.29, 1.82) is 0 Å². The largest absolute Gasteiger partial charge is 0.375 e. The topological polar surface area (TPSA) is 21.6 Å². The van der Waals surface area contributed by atoms with Crippen LogP contribution in [0.3, 0.4) is 0 Å². The second kappa shape index (κ2) is 7.22. The third-order valence-electron chi connectivity index (χ3n) is 0.909. The molecule has 0 rings (SSSR count). The Morgan fingerprint density at radius 2 is 2.27 bits per heavy atom. The van der Waals surface area contributed by atoms with E-state index in [4.69, 9.17) is 4.74 Å². The molecule has 0 saturated carbocycles. The number of hydrogen-bond donors (Lipinski definition) is 0. The Kier molecular flexibility index (Phi) is 6.64.